The molecule has 0 spiro atoms. The van der Waals surface area contributed by atoms with Crippen LogP contribution in [-0.2, 0) is 10.0 Å². The summed E-state index contributed by atoms with van der Waals surface area (Å²) in [6.07, 6.45) is 4.28. The number of hydrogen-bond donors (Lipinski definition) is 1. The van der Waals surface area contributed by atoms with E-state index in [0.717, 1.165) is 31.8 Å². The van der Waals surface area contributed by atoms with E-state index in [2.05, 4.69) is 5.32 Å². The predicted molar refractivity (Wildman–Crippen MR) is 83.5 cm³/mol. The van der Waals surface area contributed by atoms with Gasteiger partial charge in [-0.1, -0.05) is 0 Å². The van der Waals surface area contributed by atoms with Crippen molar-refractivity contribution in [1.29, 1.82) is 0 Å². The molecule has 22 heavy (non-hydrogen) atoms. The quantitative estimate of drug-likeness (QED) is 0.927. The van der Waals surface area contributed by atoms with E-state index in [1.165, 1.54) is 37.1 Å². The van der Waals surface area contributed by atoms with Crippen molar-refractivity contribution in [2.45, 2.75) is 30.6 Å². The van der Waals surface area contributed by atoms with Gasteiger partial charge in [0.05, 0.1) is 4.90 Å². The Hall–Kier alpha value is -0.980. The first-order valence-corrected chi connectivity index (χ1v) is 9.48. The lowest BCUT2D eigenvalue weighted by Gasteiger charge is -2.37. The summed E-state index contributed by atoms with van der Waals surface area (Å²) >= 11 is 0. The van der Waals surface area contributed by atoms with Gasteiger partial charge >= 0.3 is 0 Å². The molecule has 3 rings (SSSR count). The molecule has 4 nitrogen and oxygen atoms in total. The first-order chi connectivity index (χ1) is 10.6. The maximum atomic E-state index is 13.0. The van der Waals surface area contributed by atoms with Gasteiger partial charge in [0.2, 0.25) is 10.0 Å². The summed E-state index contributed by atoms with van der Waals surface area (Å²) < 4.78 is 39.7. The molecule has 2 saturated heterocycles. The smallest absolute Gasteiger partial charge is 0.243 e. The standard InChI is InChI=1S/C16H23FN2O2S/c17-15-1-3-16(4-2-15)22(20,21)19-11-7-14(8-12-19)13-5-9-18-10-6-13/h1-4,13-14,18H,5-12H2. The van der Waals surface area contributed by atoms with E-state index >= 15 is 0 Å². The van der Waals surface area contributed by atoms with Crippen molar-refractivity contribution >= 4 is 10.0 Å². The zero-order chi connectivity index (χ0) is 15.6. The van der Waals surface area contributed by atoms with Crippen molar-refractivity contribution in [2.24, 2.45) is 11.8 Å². The van der Waals surface area contributed by atoms with Crippen molar-refractivity contribution in [3.8, 4) is 0 Å². The van der Waals surface area contributed by atoms with E-state index in [1.807, 2.05) is 0 Å². The van der Waals surface area contributed by atoms with Crippen molar-refractivity contribution in [1.82, 2.24) is 9.62 Å². The van der Waals surface area contributed by atoms with Gasteiger partial charge in [0.15, 0.2) is 0 Å². The molecule has 0 aliphatic carbocycles. The minimum Gasteiger partial charge on any atom is -0.317 e. The molecule has 122 valence electrons. The number of rotatable bonds is 3. The van der Waals surface area contributed by atoms with Crippen LogP contribution in [0.25, 0.3) is 0 Å². The van der Waals surface area contributed by atoms with Gasteiger partial charge in [-0.05, 0) is 74.9 Å². The normalized spacial score (nSPS) is 22.8. The Morgan fingerprint density at radius 3 is 2.09 bits per heavy atom. The van der Waals surface area contributed by atoms with Crippen LogP contribution in [0.5, 0.6) is 0 Å². The number of nitrogens with zero attached hydrogens (tertiary/aromatic N) is 1. The molecular weight excluding hydrogens is 303 g/mol. The fourth-order valence-electron chi connectivity index (χ4n) is 3.66. The average Bonchev–Trinajstić information content (AvgIpc) is 2.56. The fraction of sp³-hybridized carbons (Fsp3) is 0.625. The lowest BCUT2D eigenvalue weighted by Crippen LogP contribution is -2.41. The lowest BCUT2D eigenvalue weighted by atomic mass is 9.79. The molecule has 2 aliphatic rings. The van der Waals surface area contributed by atoms with Crippen molar-refractivity contribution < 1.29 is 12.8 Å². The maximum Gasteiger partial charge on any atom is 0.243 e. The number of halogens is 1. The first-order valence-electron chi connectivity index (χ1n) is 8.04. The molecule has 1 N–H and O–H groups in total. The molecule has 1 aromatic rings. The highest BCUT2D eigenvalue weighted by atomic mass is 32.2. The molecule has 2 fully saturated rings. The second-order valence-electron chi connectivity index (χ2n) is 6.28. The van der Waals surface area contributed by atoms with E-state index in [1.54, 1.807) is 4.31 Å². The molecule has 2 heterocycles. The van der Waals surface area contributed by atoms with Crippen LogP contribution in [0, 0.1) is 17.7 Å². The maximum absolute atomic E-state index is 13.0. The zero-order valence-corrected chi connectivity index (χ0v) is 13.5. The summed E-state index contributed by atoms with van der Waals surface area (Å²) in [5.74, 6) is 0.960. The van der Waals surface area contributed by atoms with Crippen LogP contribution in [-0.4, -0.2) is 38.9 Å². The van der Waals surface area contributed by atoms with Crippen molar-refractivity contribution in [2.75, 3.05) is 26.2 Å². The molecular formula is C16H23FN2O2S. The first kappa shape index (κ1) is 15.9. The van der Waals surface area contributed by atoms with Crippen LogP contribution in [0.3, 0.4) is 0 Å². The SMILES string of the molecule is O=S(=O)(c1ccc(F)cc1)N1CCC(C2CCNCC2)CC1. The van der Waals surface area contributed by atoms with Gasteiger partial charge in [0.25, 0.3) is 0 Å². The topological polar surface area (TPSA) is 49.4 Å². The third-order valence-corrected chi connectivity index (χ3v) is 6.91. The lowest BCUT2D eigenvalue weighted by molar-refractivity contribution is 0.176. The molecule has 0 saturated carbocycles. The Bertz CT molecular complexity index is 589. The average molecular weight is 326 g/mol. The highest BCUT2D eigenvalue weighted by Gasteiger charge is 2.32. The molecule has 0 amide bonds. The molecule has 2 aliphatic heterocycles. The monoisotopic (exact) mass is 326 g/mol. The third kappa shape index (κ3) is 3.34. The van der Waals surface area contributed by atoms with E-state index in [4.69, 9.17) is 0 Å². The van der Waals surface area contributed by atoms with E-state index in [9.17, 15) is 12.8 Å². The van der Waals surface area contributed by atoms with Gasteiger partial charge in [-0.25, -0.2) is 12.8 Å². The van der Waals surface area contributed by atoms with Crippen LogP contribution in [0.15, 0.2) is 29.2 Å². The number of piperidine rings is 2. The minimum atomic E-state index is -3.48. The minimum absolute atomic E-state index is 0.189. The number of benzene rings is 1. The van der Waals surface area contributed by atoms with Gasteiger partial charge in [-0.2, -0.15) is 4.31 Å². The Morgan fingerprint density at radius 2 is 1.50 bits per heavy atom. The summed E-state index contributed by atoms with van der Waals surface area (Å²) in [4.78, 5) is 0.189. The van der Waals surface area contributed by atoms with E-state index < -0.39 is 15.8 Å². The predicted octanol–water partition coefficient (Wildman–Crippen LogP) is 2.23. The van der Waals surface area contributed by atoms with Gasteiger partial charge in [0, 0.05) is 13.1 Å². The third-order valence-electron chi connectivity index (χ3n) is 5.00. The van der Waals surface area contributed by atoms with Crippen LogP contribution >= 0.6 is 0 Å². The Morgan fingerprint density at radius 1 is 0.955 bits per heavy atom. The summed E-state index contributed by atoms with van der Waals surface area (Å²) in [5.41, 5.74) is 0. The highest BCUT2D eigenvalue weighted by Crippen LogP contribution is 2.32. The molecule has 1 aromatic carbocycles. The van der Waals surface area contributed by atoms with Gasteiger partial charge < -0.3 is 5.32 Å². The molecule has 0 radical (unpaired) electrons. The van der Waals surface area contributed by atoms with E-state index in [0.29, 0.717) is 19.0 Å². The van der Waals surface area contributed by atoms with Crippen LogP contribution in [0.1, 0.15) is 25.7 Å². The van der Waals surface area contributed by atoms with Gasteiger partial charge in [-0.15, -0.1) is 0 Å². The molecule has 0 unspecified atom stereocenters. The van der Waals surface area contributed by atoms with Crippen LogP contribution < -0.4 is 5.32 Å². The number of sulfonamides is 1. The summed E-state index contributed by atoms with van der Waals surface area (Å²) in [6, 6.07) is 5.11. The molecule has 0 bridgehead atoms. The zero-order valence-electron chi connectivity index (χ0n) is 12.7. The second-order valence-corrected chi connectivity index (χ2v) is 8.22. The van der Waals surface area contributed by atoms with Crippen LogP contribution in [0.2, 0.25) is 0 Å². The molecule has 6 heteroatoms. The van der Waals surface area contributed by atoms with Crippen LogP contribution in [0.4, 0.5) is 4.39 Å². The Kier molecular flexibility index (Phi) is 4.80. The Labute approximate surface area is 131 Å². The summed E-state index contributed by atoms with van der Waals surface area (Å²) in [7, 11) is -3.48. The summed E-state index contributed by atoms with van der Waals surface area (Å²) in [5, 5.41) is 3.38. The van der Waals surface area contributed by atoms with Gasteiger partial charge in [0.1, 0.15) is 5.82 Å². The second kappa shape index (κ2) is 6.64. The Balaban J connectivity index is 1.63. The number of nitrogens with one attached hydrogen (secondary N) is 1. The van der Waals surface area contributed by atoms with Crippen molar-refractivity contribution in [3.05, 3.63) is 30.1 Å². The molecule has 0 aromatic heterocycles. The highest BCUT2D eigenvalue weighted by molar-refractivity contribution is 7.89. The summed E-state index contributed by atoms with van der Waals surface area (Å²) in [6.45, 7) is 3.32. The molecule has 0 atom stereocenters. The van der Waals surface area contributed by atoms with Gasteiger partial charge in [-0.3, -0.25) is 0 Å². The van der Waals surface area contributed by atoms with Crippen molar-refractivity contribution in [3.63, 3.8) is 0 Å². The largest absolute Gasteiger partial charge is 0.317 e. The fourth-order valence-corrected chi connectivity index (χ4v) is 5.13. The van der Waals surface area contributed by atoms with E-state index in [-0.39, 0.29) is 4.90 Å². The number of hydrogen-bond acceptors (Lipinski definition) is 3.